The Bertz CT molecular complexity index is 1070. The smallest absolute Gasteiger partial charge is 0.252 e. The van der Waals surface area contributed by atoms with Crippen molar-refractivity contribution in [2.75, 3.05) is 12.9 Å². The van der Waals surface area contributed by atoms with Gasteiger partial charge >= 0.3 is 0 Å². The molecule has 0 aromatic heterocycles. The fourth-order valence-electron chi connectivity index (χ4n) is 2.60. The van der Waals surface area contributed by atoms with E-state index in [1.807, 2.05) is 0 Å². The van der Waals surface area contributed by atoms with Gasteiger partial charge in [-0.1, -0.05) is 18.2 Å². The molecule has 0 saturated carbocycles. The van der Waals surface area contributed by atoms with Crippen LogP contribution in [0.3, 0.4) is 0 Å². The number of benzene rings is 2. The molecule has 2 unspecified atom stereocenters. The van der Waals surface area contributed by atoms with E-state index in [4.69, 9.17) is 5.73 Å². The van der Waals surface area contributed by atoms with Gasteiger partial charge in [0.2, 0.25) is 5.91 Å². The van der Waals surface area contributed by atoms with Crippen molar-refractivity contribution in [3.8, 4) is 5.75 Å². The Labute approximate surface area is 172 Å². The third-order valence-electron chi connectivity index (χ3n) is 4.24. The molecule has 160 valence electrons. The first kappa shape index (κ1) is 23.0. The number of carbonyl (C=O) groups excluding carboxylic acids is 2. The topological polar surface area (TPSA) is 147 Å². The van der Waals surface area contributed by atoms with Crippen LogP contribution in [-0.2, 0) is 14.6 Å². The van der Waals surface area contributed by atoms with Crippen molar-refractivity contribution < 1.29 is 32.6 Å². The summed E-state index contributed by atoms with van der Waals surface area (Å²) in [6.45, 7) is -1.07. The maximum Gasteiger partial charge on any atom is 0.252 e. The van der Waals surface area contributed by atoms with Gasteiger partial charge in [0, 0.05) is 12.3 Å². The Morgan fingerprint density at radius 1 is 1.20 bits per heavy atom. The minimum atomic E-state index is -3.41. The van der Waals surface area contributed by atoms with Crippen molar-refractivity contribution in [2.45, 2.75) is 17.0 Å². The maximum atomic E-state index is 13.4. The molecule has 0 aliphatic rings. The lowest BCUT2D eigenvalue weighted by atomic mass is 10.0. The highest BCUT2D eigenvalue weighted by atomic mass is 32.2. The third kappa shape index (κ3) is 5.88. The predicted molar refractivity (Wildman–Crippen MR) is 108 cm³/mol. The van der Waals surface area contributed by atoms with Crippen LogP contribution in [0.5, 0.6) is 5.75 Å². The number of phenols is 1. The lowest BCUT2D eigenvalue weighted by Crippen LogP contribution is -2.40. The van der Waals surface area contributed by atoms with Gasteiger partial charge in [-0.2, -0.15) is 0 Å². The third-order valence-corrected chi connectivity index (χ3v) is 5.37. The van der Waals surface area contributed by atoms with Crippen molar-refractivity contribution in [2.24, 2.45) is 5.73 Å². The summed E-state index contributed by atoms with van der Waals surface area (Å²) in [6, 6.07) is 7.94. The van der Waals surface area contributed by atoms with Gasteiger partial charge in [0.15, 0.2) is 9.84 Å². The van der Waals surface area contributed by atoms with Gasteiger partial charge in [0.05, 0.1) is 16.5 Å². The van der Waals surface area contributed by atoms with E-state index in [0.717, 1.165) is 12.3 Å². The van der Waals surface area contributed by atoms with E-state index in [9.17, 15) is 32.6 Å². The summed E-state index contributed by atoms with van der Waals surface area (Å²) in [5.74, 6) is -1.85. The van der Waals surface area contributed by atoms with Crippen molar-refractivity contribution in [1.82, 2.24) is 5.32 Å². The van der Waals surface area contributed by atoms with Crippen molar-refractivity contribution in [3.05, 3.63) is 65.2 Å². The number of amides is 2. The van der Waals surface area contributed by atoms with Crippen LogP contribution in [-0.4, -0.2) is 49.4 Å². The van der Waals surface area contributed by atoms with E-state index >= 15 is 0 Å². The molecular formula is C20H21FN2O6S. The molecule has 5 N–H and O–H groups in total. The summed E-state index contributed by atoms with van der Waals surface area (Å²) in [5.41, 5.74) is 5.65. The number of hydrogen-bond acceptors (Lipinski definition) is 6. The predicted octanol–water partition coefficient (Wildman–Crippen LogP) is 1.10. The zero-order valence-corrected chi connectivity index (χ0v) is 16.8. The normalized spacial score (nSPS) is 13.7. The van der Waals surface area contributed by atoms with Crippen LogP contribution in [0.1, 0.15) is 27.6 Å². The zero-order chi connectivity index (χ0) is 22.5. The Balaban J connectivity index is 2.09. The first-order valence-corrected chi connectivity index (χ1v) is 10.6. The first-order chi connectivity index (χ1) is 14.0. The van der Waals surface area contributed by atoms with Gasteiger partial charge in [-0.05, 0) is 41.5 Å². The number of alkyl halides is 1. The minimum absolute atomic E-state index is 0.0476. The quantitative estimate of drug-likeness (QED) is 0.456. The van der Waals surface area contributed by atoms with Gasteiger partial charge < -0.3 is 21.3 Å². The molecule has 0 saturated heterocycles. The van der Waals surface area contributed by atoms with Crippen LogP contribution >= 0.6 is 0 Å². The summed E-state index contributed by atoms with van der Waals surface area (Å²) in [5, 5.41) is 22.2. The Morgan fingerprint density at radius 3 is 2.37 bits per heavy atom. The summed E-state index contributed by atoms with van der Waals surface area (Å²) in [4.78, 5) is 23.4. The van der Waals surface area contributed by atoms with E-state index in [-0.39, 0.29) is 21.8 Å². The highest BCUT2D eigenvalue weighted by Gasteiger charge is 2.22. The van der Waals surface area contributed by atoms with Crippen LogP contribution in [0, 0.1) is 0 Å². The second kappa shape index (κ2) is 9.51. The molecule has 2 atom stereocenters. The molecule has 0 aliphatic carbocycles. The second-order valence-electron chi connectivity index (χ2n) is 6.53. The summed E-state index contributed by atoms with van der Waals surface area (Å²) in [7, 11) is -3.41. The van der Waals surface area contributed by atoms with Gasteiger partial charge in [-0.3, -0.25) is 9.59 Å². The summed E-state index contributed by atoms with van der Waals surface area (Å²) >= 11 is 0. The van der Waals surface area contributed by atoms with Gasteiger partial charge in [0.1, 0.15) is 18.5 Å². The maximum absolute atomic E-state index is 13.4. The molecule has 0 spiro atoms. The molecule has 2 aromatic rings. The van der Waals surface area contributed by atoms with E-state index in [1.54, 1.807) is 0 Å². The fraction of sp³-hybridized carbons (Fsp3) is 0.200. The average Bonchev–Trinajstić information content (AvgIpc) is 2.70. The summed E-state index contributed by atoms with van der Waals surface area (Å²) in [6.07, 6.45) is 2.02. The first-order valence-electron chi connectivity index (χ1n) is 8.68. The van der Waals surface area contributed by atoms with Crippen LogP contribution in [0.25, 0.3) is 6.08 Å². The van der Waals surface area contributed by atoms with Crippen LogP contribution in [0.15, 0.2) is 53.4 Å². The second-order valence-corrected chi connectivity index (χ2v) is 8.55. The number of halogens is 1. The lowest BCUT2D eigenvalue weighted by Gasteiger charge is -2.21. The average molecular weight is 436 g/mol. The number of nitrogens with two attached hydrogens (primary N) is 1. The Morgan fingerprint density at radius 2 is 1.83 bits per heavy atom. The van der Waals surface area contributed by atoms with Gasteiger partial charge in [0.25, 0.3) is 5.91 Å². The van der Waals surface area contributed by atoms with E-state index < -0.39 is 40.5 Å². The van der Waals surface area contributed by atoms with Gasteiger partial charge in [-0.15, -0.1) is 0 Å². The van der Waals surface area contributed by atoms with Crippen LogP contribution in [0.2, 0.25) is 0 Å². The molecule has 30 heavy (non-hydrogen) atoms. The molecular weight excluding hydrogens is 415 g/mol. The molecule has 0 radical (unpaired) electrons. The molecule has 0 aliphatic heterocycles. The lowest BCUT2D eigenvalue weighted by molar-refractivity contribution is -0.118. The van der Waals surface area contributed by atoms with Crippen molar-refractivity contribution >= 4 is 27.7 Å². The Hall–Kier alpha value is -3.24. The van der Waals surface area contributed by atoms with Crippen molar-refractivity contribution in [3.63, 3.8) is 0 Å². The number of aliphatic hydroxyl groups is 1. The standard InChI is InChI=1S/C20H21FN2O6S/c1-30(28,29)14-6-4-13(5-7-14)19(26)16(11-21)23-18(25)9-3-12-2-8-17(24)15(10-12)20(22)27/h2-10,16,19,24,26H,11H2,1H3,(H2,22,27)(H,23,25). The molecule has 8 nitrogen and oxygen atoms in total. The number of carbonyl (C=O) groups is 2. The summed E-state index contributed by atoms with van der Waals surface area (Å²) < 4.78 is 36.4. The monoisotopic (exact) mass is 436 g/mol. The number of sulfone groups is 1. The molecule has 2 amide bonds. The zero-order valence-electron chi connectivity index (χ0n) is 15.9. The number of aliphatic hydroxyl groups excluding tert-OH is 1. The molecule has 2 aromatic carbocycles. The number of nitrogens with one attached hydrogen (secondary N) is 1. The van der Waals surface area contributed by atoms with E-state index in [2.05, 4.69) is 5.32 Å². The number of rotatable bonds is 8. The highest BCUT2D eigenvalue weighted by molar-refractivity contribution is 7.90. The highest BCUT2D eigenvalue weighted by Crippen LogP contribution is 2.21. The Kier molecular flexibility index (Phi) is 7.30. The number of hydrogen-bond donors (Lipinski definition) is 4. The number of primary amides is 1. The molecule has 0 bridgehead atoms. The molecule has 10 heteroatoms. The van der Waals surface area contributed by atoms with E-state index in [0.29, 0.717) is 5.56 Å². The molecule has 2 rings (SSSR count). The fourth-order valence-corrected chi connectivity index (χ4v) is 3.23. The van der Waals surface area contributed by atoms with Crippen molar-refractivity contribution in [1.29, 1.82) is 0 Å². The number of aromatic hydroxyl groups is 1. The largest absolute Gasteiger partial charge is 0.507 e. The van der Waals surface area contributed by atoms with Crippen LogP contribution < -0.4 is 11.1 Å². The van der Waals surface area contributed by atoms with Crippen LogP contribution in [0.4, 0.5) is 4.39 Å². The molecule has 0 heterocycles. The SMILES string of the molecule is CS(=O)(=O)c1ccc(C(O)C(CF)NC(=O)C=Cc2ccc(O)c(C(N)=O)c2)cc1. The molecule has 0 fully saturated rings. The van der Waals surface area contributed by atoms with E-state index in [1.165, 1.54) is 48.5 Å². The minimum Gasteiger partial charge on any atom is -0.507 e. The van der Waals surface area contributed by atoms with Gasteiger partial charge in [-0.25, -0.2) is 12.8 Å².